The third kappa shape index (κ3) is 0.374. The molecular formula is C2H2F2O. The van der Waals surface area contributed by atoms with E-state index in [-0.39, 0.29) is 0 Å². The standard InChI is InChI=1S/C2H2F2O/c3-1-2(4)5-1/h1-2H/t1-,2+. The van der Waals surface area contributed by atoms with E-state index in [1.54, 1.807) is 0 Å². The van der Waals surface area contributed by atoms with Crippen molar-refractivity contribution in [3.8, 4) is 0 Å². The Morgan fingerprint density at radius 3 is 1.40 bits per heavy atom. The van der Waals surface area contributed by atoms with E-state index in [1.807, 2.05) is 0 Å². The first-order chi connectivity index (χ1) is 2.30. The minimum absolute atomic E-state index is 1.62. The Morgan fingerprint density at radius 1 is 1.20 bits per heavy atom. The lowest BCUT2D eigenvalue weighted by Gasteiger charge is -1.51. The van der Waals surface area contributed by atoms with Crippen LogP contribution in [-0.4, -0.2) is 12.7 Å². The lowest BCUT2D eigenvalue weighted by Crippen LogP contribution is -1.68. The van der Waals surface area contributed by atoms with Crippen LogP contribution >= 0.6 is 0 Å². The van der Waals surface area contributed by atoms with Crippen LogP contribution in [0, 0.1) is 0 Å². The summed E-state index contributed by atoms with van der Waals surface area (Å²) in [4.78, 5) is 0. The monoisotopic (exact) mass is 80.0 g/mol. The van der Waals surface area contributed by atoms with Crippen molar-refractivity contribution in [3.05, 3.63) is 0 Å². The molecule has 0 unspecified atom stereocenters. The summed E-state index contributed by atoms with van der Waals surface area (Å²) in [6.07, 6.45) is -3.23. The molecule has 0 aromatic heterocycles. The third-order valence-electron chi connectivity index (χ3n) is 0.389. The third-order valence-corrected chi connectivity index (χ3v) is 0.389. The Labute approximate surface area is 27.5 Å². The molecule has 0 aliphatic carbocycles. The summed E-state index contributed by atoms with van der Waals surface area (Å²) in [6.45, 7) is 0. The van der Waals surface area contributed by atoms with E-state index in [1.165, 1.54) is 0 Å². The van der Waals surface area contributed by atoms with Gasteiger partial charge in [0.05, 0.1) is 0 Å². The molecule has 1 aliphatic rings. The topological polar surface area (TPSA) is 12.5 Å². The van der Waals surface area contributed by atoms with Crippen molar-refractivity contribution in [1.29, 1.82) is 0 Å². The molecule has 0 bridgehead atoms. The normalized spacial score (nSPS) is 49.2. The van der Waals surface area contributed by atoms with Crippen LogP contribution < -0.4 is 0 Å². The van der Waals surface area contributed by atoms with Crippen LogP contribution in [0.25, 0.3) is 0 Å². The number of rotatable bonds is 0. The highest BCUT2D eigenvalue weighted by molar-refractivity contribution is 4.59. The maximum Gasteiger partial charge on any atom is 0.258 e. The Kier molecular flexibility index (Phi) is 0.395. The second-order valence-corrected chi connectivity index (χ2v) is 0.838. The highest BCUT2D eigenvalue weighted by atomic mass is 19.2. The van der Waals surface area contributed by atoms with Gasteiger partial charge in [-0.15, -0.1) is 0 Å². The fourth-order valence-corrected chi connectivity index (χ4v) is 0.0788. The molecule has 1 aliphatic heterocycles. The average Bonchev–Trinajstić information content (AvgIpc) is 1.79. The largest absolute Gasteiger partial charge is 0.304 e. The van der Waals surface area contributed by atoms with Gasteiger partial charge in [0, 0.05) is 0 Å². The molecular weight excluding hydrogens is 78.0 g/mol. The first-order valence-corrected chi connectivity index (χ1v) is 1.24. The molecule has 2 atom stereocenters. The van der Waals surface area contributed by atoms with Crippen molar-refractivity contribution in [1.82, 2.24) is 0 Å². The number of epoxide rings is 1. The SMILES string of the molecule is F[C@@H]1O[C@@H]1F. The van der Waals surface area contributed by atoms with Crippen molar-refractivity contribution in [3.63, 3.8) is 0 Å². The van der Waals surface area contributed by atoms with E-state index >= 15 is 0 Å². The summed E-state index contributed by atoms with van der Waals surface area (Å²) in [7, 11) is 0. The molecule has 30 valence electrons. The van der Waals surface area contributed by atoms with Gasteiger partial charge in [-0.05, 0) is 0 Å². The van der Waals surface area contributed by atoms with Crippen LogP contribution in [0.15, 0.2) is 0 Å². The van der Waals surface area contributed by atoms with Gasteiger partial charge in [0.2, 0.25) is 0 Å². The highest BCUT2D eigenvalue weighted by Crippen LogP contribution is 2.22. The maximum atomic E-state index is 10.9. The number of halogens is 2. The summed E-state index contributed by atoms with van der Waals surface area (Å²) < 4.78 is 25.4. The summed E-state index contributed by atoms with van der Waals surface area (Å²) >= 11 is 0. The summed E-state index contributed by atoms with van der Waals surface area (Å²) in [6, 6.07) is 0. The Bertz CT molecular complexity index is 40.9. The zero-order valence-corrected chi connectivity index (χ0v) is 2.32. The molecule has 1 rings (SSSR count). The van der Waals surface area contributed by atoms with Crippen molar-refractivity contribution >= 4 is 0 Å². The summed E-state index contributed by atoms with van der Waals surface area (Å²) in [5.74, 6) is 0. The van der Waals surface area contributed by atoms with E-state index in [0.717, 1.165) is 0 Å². The van der Waals surface area contributed by atoms with Crippen LogP contribution in [-0.2, 0) is 4.74 Å². The first-order valence-electron chi connectivity index (χ1n) is 1.24. The van der Waals surface area contributed by atoms with Crippen LogP contribution in [0.3, 0.4) is 0 Å². The molecule has 5 heavy (non-hydrogen) atoms. The summed E-state index contributed by atoms with van der Waals surface area (Å²) in [5.41, 5.74) is 0. The van der Waals surface area contributed by atoms with Gasteiger partial charge >= 0.3 is 0 Å². The second kappa shape index (κ2) is 0.653. The molecule has 0 aromatic carbocycles. The lowest BCUT2D eigenvalue weighted by molar-refractivity contribution is 0.235. The Balaban J connectivity index is 2.20. The fraction of sp³-hybridized carbons (Fsp3) is 1.00. The number of hydrogen-bond donors (Lipinski definition) is 0. The zero-order chi connectivity index (χ0) is 3.86. The quantitative estimate of drug-likeness (QED) is 0.388. The molecule has 1 saturated heterocycles. The van der Waals surface area contributed by atoms with Gasteiger partial charge in [-0.2, -0.15) is 0 Å². The van der Waals surface area contributed by atoms with E-state index < -0.39 is 12.7 Å². The second-order valence-electron chi connectivity index (χ2n) is 0.838. The molecule has 1 fully saturated rings. The van der Waals surface area contributed by atoms with E-state index in [2.05, 4.69) is 4.74 Å². The van der Waals surface area contributed by atoms with Crippen molar-refractivity contribution in [2.24, 2.45) is 0 Å². The van der Waals surface area contributed by atoms with Gasteiger partial charge in [-0.3, -0.25) is 0 Å². The molecule has 0 N–H and O–H groups in total. The first kappa shape index (κ1) is 3.03. The Hall–Kier alpha value is -0.180. The molecule has 3 heteroatoms. The minimum Gasteiger partial charge on any atom is -0.304 e. The minimum atomic E-state index is -1.62. The number of alkyl halides is 2. The molecule has 0 saturated carbocycles. The van der Waals surface area contributed by atoms with E-state index in [9.17, 15) is 8.78 Å². The van der Waals surface area contributed by atoms with Crippen LogP contribution in [0.4, 0.5) is 8.78 Å². The van der Waals surface area contributed by atoms with Crippen LogP contribution in [0.1, 0.15) is 0 Å². The zero-order valence-electron chi connectivity index (χ0n) is 2.32. The van der Waals surface area contributed by atoms with Gasteiger partial charge in [-0.25, -0.2) is 8.78 Å². The smallest absolute Gasteiger partial charge is 0.258 e. The van der Waals surface area contributed by atoms with Crippen molar-refractivity contribution < 1.29 is 13.5 Å². The van der Waals surface area contributed by atoms with Gasteiger partial charge < -0.3 is 4.74 Å². The van der Waals surface area contributed by atoms with Gasteiger partial charge in [0.1, 0.15) is 0 Å². The van der Waals surface area contributed by atoms with Gasteiger partial charge in [0.25, 0.3) is 12.7 Å². The van der Waals surface area contributed by atoms with E-state index in [0.29, 0.717) is 0 Å². The van der Waals surface area contributed by atoms with Crippen LogP contribution in [0.2, 0.25) is 0 Å². The fourth-order valence-electron chi connectivity index (χ4n) is 0.0788. The Morgan fingerprint density at radius 2 is 1.40 bits per heavy atom. The highest BCUT2D eigenvalue weighted by Gasteiger charge is 2.39. The molecule has 0 amide bonds. The number of ether oxygens (including phenoxy) is 1. The van der Waals surface area contributed by atoms with Crippen LogP contribution in [0.5, 0.6) is 0 Å². The average molecular weight is 80.0 g/mol. The van der Waals surface area contributed by atoms with Gasteiger partial charge in [0.15, 0.2) is 0 Å². The van der Waals surface area contributed by atoms with Crippen molar-refractivity contribution in [2.45, 2.75) is 12.7 Å². The maximum absolute atomic E-state index is 10.9. The predicted octanol–water partition coefficient (Wildman–Crippen LogP) is 0.608. The number of hydrogen-bond acceptors (Lipinski definition) is 1. The van der Waals surface area contributed by atoms with Gasteiger partial charge in [-0.1, -0.05) is 0 Å². The molecule has 0 spiro atoms. The lowest BCUT2D eigenvalue weighted by atomic mass is 10.9. The van der Waals surface area contributed by atoms with E-state index in [4.69, 9.17) is 0 Å². The molecule has 0 radical (unpaired) electrons. The molecule has 0 aromatic rings. The predicted molar refractivity (Wildman–Crippen MR) is 10.9 cm³/mol. The van der Waals surface area contributed by atoms with Crippen molar-refractivity contribution in [2.75, 3.05) is 0 Å². The molecule has 1 heterocycles. The summed E-state index contributed by atoms with van der Waals surface area (Å²) in [5, 5.41) is 0. The molecule has 1 nitrogen and oxygen atoms in total.